The first-order valence-electron chi connectivity index (χ1n) is 23.6. The van der Waals surface area contributed by atoms with E-state index in [-0.39, 0.29) is 10.8 Å². The molecule has 12 rings (SSSR count). The second-order valence-electron chi connectivity index (χ2n) is 19.3. The number of hydrogen-bond donors (Lipinski definition) is 0. The fourth-order valence-electron chi connectivity index (χ4n) is 11.4. The molecule has 2 aliphatic carbocycles. The molecule has 0 heterocycles. The largest absolute Gasteiger partial charge is 0.310 e. The van der Waals surface area contributed by atoms with Gasteiger partial charge in [-0.1, -0.05) is 222 Å². The summed E-state index contributed by atoms with van der Waals surface area (Å²) in [6, 6.07) is 87.5. The summed E-state index contributed by atoms with van der Waals surface area (Å²) in [5.74, 6) is 0. The van der Waals surface area contributed by atoms with Crippen molar-refractivity contribution in [3.8, 4) is 77.9 Å². The van der Waals surface area contributed by atoms with Crippen LogP contribution in [-0.2, 0) is 10.8 Å². The maximum atomic E-state index is 2.46. The van der Waals surface area contributed by atoms with Crippen molar-refractivity contribution >= 4 is 17.1 Å². The van der Waals surface area contributed by atoms with E-state index in [1.165, 1.54) is 89.0 Å². The molecule has 0 bridgehead atoms. The second-order valence-corrected chi connectivity index (χ2v) is 19.3. The van der Waals surface area contributed by atoms with Gasteiger partial charge in [0.15, 0.2) is 0 Å². The molecule has 0 saturated heterocycles. The normalized spacial score (nSPS) is 13.6. The van der Waals surface area contributed by atoms with Crippen LogP contribution in [0.4, 0.5) is 17.1 Å². The highest BCUT2D eigenvalue weighted by Crippen LogP contribution is 2.53. The quantitative estimate of drug-likeness (QED) is 0.147. The number of benzene rings is 10. The van der Waals surface area contributed by atoms with E-state index in [0.717, 1.165) is 28.2 Å². The van der Waals surface area contributed by atoms with Crippen LogP contribution in [0.2, 0.25) is 0 Å². The van der Waals surface area contributed by atoms with Crippen molar-refractivity contribution < 1.29 is 0 Å². The van der Waals surface area contributed by atoms with E-state index in [1.807, 2.05) is 0 Å². The Bertz CT molecular complexity index is 3520. The molecule has 0 saturated carbocycles. The summed E-state index contributed by atoms with van der Waals surface area (Å²) >= 11 is 0. The van der Waals surface area contributed by atoms with Gasteiger partial charge in [0, 0.05) is 27.8 Å². The molecule has 0 spiro atoms. The van der Waals surface area contributed by atoms with E-state index in [0.29, 0.717) is 0 Å². The first-order valence-corrected chi connectivity index (χ1v) is 23.6. The Morgan fingerprint density at radius 2 is 0.731 bits per heavy atom. The molecule has 67 heavy (non-hydrogen) atoms. The number of rotatable bonds is 8. The lowest BCUT2D eigenvalue weighted by atomic mass is 9.79. The molecule has 0 aliphatic heterocycles. The predicted molar refractivity (Wildman–Crippen MR) is 283 cm³/mol. The van der Waals surface area contributed by atoms with Crippen molar-refractivity contribution in [1.29, 1.82) is 0 Å². The van der Waals surface area contributed by atoms with Gasteiger partial charge >= 0.3 is 0 Å². The molecule has 0 unspecified atom stereocenters. The Balaban J connectivity index is 0.995. The zero-order valence-electron chi connectivity index (χ0n) is 38.5. The molecule has 10 aromatic carbocycles. The number of hydrogen-bond acceptors (Lipinski definition) is 1. The number of anilines is 3. The Morgan fingerprint density at radius 3 is 1.46 bits per heavy atom. The minimum atomic E-state index is -0.139. The third kappa shape index (κ3) is 6.68. The molecule has 0 fully saturated rings. The summed E-state index contributed by atoms with van der Waals surface area (Å²) in [5.41, 5.74) is 26.1. The lowest BCUT2D eigenvalue weighted by Crippen LogP contribution is -2.16. The van der Waals surface area contributed by atoms with Gasteiger partial charge in [0.1, 0.15) is 0 Å². The topological polar surface area (TPSA) is 3.24 Å². The van der Waals surface area contributed by atoms with Crippen LogP contribution in [0.15, 0.2) is 237 Å². The van der Waals surface area contributed by atoms with Gasteiger partial charge in [-0.2, -0.15) is 0 Å². The van der Waals surface area contributed by atoms with E-state index in [9.17, 15) is 0 Å². The highest BCUT2D eigenvalue weighted by atomic mass is 15.1. The summed E-state index contributed by atoms with van der Waals surface area (Å²) in [4.78, 5) is 2.46. The van der Waals surface area contributed by atoms with Crippen LogP contribution in [0.5, 0.6) is 0 Å². The van der Waals surface area contributed by atoms with E-state index in [1.54, 1.807) is 0 Å². The molecule has 0 radical (unpaired) electrons. The van der Waals surface area contributed by atoms with Gasteiger partial charge < -0.3 is 4.90 Å². The van der Waals surface area contributed by atoms with E-state index in [2.05, 4.69) is 269 Å². The minimum absolute atomic E-state index is 0.0643. The number of fused-ring (bicyclic) bond motifs is 6. The fourth-order valence-corrected chi connectivity index (χ4v) is 11.4. The highest BCUT2D eigenvalue weighted by Gasteiger charge is 2.38. The SMILES string of the molecule is CC1(C)c2ccccc2-c2ccc(-c3ccc(N(c4cccc(-c5cccc6c5C(C)(C)c5ccccc5-6)c4)c4ccccc4-c4cccc(-c5ccccc5-c5ccccc5)c4)cc3)cc21. The van der Waals surface area contributed by atoms with Gasteiger partial charge in [-0.15, -0.1) is 0 Å². The second kappa shape index (κ2) is 15.9. The highest BCUT2D eigenvalue weighted by molar-refractivity contribution is 5.94. The summed E-state index contributed by atoms with van der Waals surface area (Å²) in [6.45, 7) is 9.47. The summed E-state index contributed by atoms with van der Waals surface area (Å²) < 4.78 is 0. The van der Waals surface area contributed by atoms with Crippen LogP contribution in [-0.4, -0.2) is 0 Å². The van der Waals surface area contributed by atoms with Crippen molar-refractivity contribution in [1.82, 2.24) is 0 Å². The van der Waals surface area contributed by atoms with Gasteiger partial charge in [0.2, 0.25) is 0 Å². The molecule has 0 atom stereocenters. The third-order valence-electron chi connectivity index (χ3n) is 14.7. The summed E-state index contributed by atoms with van der Waals surface area (Å²) in [5, 5.41) is 0. The first kappa shape index (κ1) is 40.5. The fraction of sp³-hybridized carbons (Fsp3) is 0.0909. The molecule has 10 aromatic rings. The zero-order valence-corrected chi connectivity index (χ0v) is 38.5. The minimum Gasteiger partial charge on any atom is -0.310 e. The maximum absolute atomic E-state index is 2.46. The van der Waals surface area contributed by atoms with Crippen molar-refractivity contribution in [3.05, 3.63) is 259 Å². The number of para-hydroxylation sites is 1. The molecular formula is C66H51N. The van der Waals surface area contributed by atoms with Gasteiger partial charge in [-0.05, 0) is 137 Å². The van der Waals surface area contributed by atoms with Gasteiger partial charge in [0.05, 0.1) is 5.69 Å². The zero-order chi connectivity index (χ0) is 45.3. The van der Waals surface area contributed by atoms with Gasteiger partial charge in [0.25, 0.3) is 0 Å². The van der Waals surface area contributed by atoms with Crippen LogP contribution in [0.25, 0.3) is 77.9 Å². The van der Waals surface area contributed by atoms with Crippen LogP contribution >= 0.6 is 0 Å². The smallest absolute Gasteiger partial charge is 0.0540 e. The summed E-state index contributed by atoms with van der Waals surface area (Å²) in [6.07, 6.45) is 0. The van der Waals surface area contributed by atoms with Crippen LogP contribution in [0.1, 0.15) is 49.9 Å². The van der Waals surface area contributed by atoms with E-state index in [4.69, 9.17) is 0 Å². The van der Waals surface area contributed by atoms with Gasteiger partial charge in [-0.25, -0.2) is 0 Å². The Kier molecular flexibility index (Phi) is 9.59. The summed E-state index contributed by atoms with van der Waals surface area (Å²) in [7, 11) is 0. The molecule has 1 heteroatoms. The number of nitrogens with zero attached hydrogens (tertiary/aromatic N) is 1. The molecule has 0 amide bonds. The van der Waals surface area contributed by atoms with E-state index < -0.39 is 0 Å². The molecule has 1 nitrogen and oxygen atoms in total. The van der Waals surface area contributed by atoms with Gasteiger partial charge in [-0.3, -0.25) is 0 Å². The van der Waals surface area contributed by atoms with Crippen molar-refractivity contribution in [2.45, 2.75) is 38.5 Å². The standard InChI is InChI=1S/C66H51N/c1-65(2)60-32-13-10-28-56(60)58-40-37-46(43-62(58)65)44-35-38-50(39-36-44)67(51-24-17-23-49(42-51)55-30-18-31-59-57-29-11-14-33-61(57)66(3,4)64(55)59)63-34-15-12-27-54(63)48-22-16-21-47(41-48)53-26-9-8-25-52(53)45-19-6-5-7-20-45/h5-43H,1-4H3. The molecule has 0 N–H and O–H groups in total. The van der Waals surface area contributed by atoms with Crippen LogP contribution in [0, 0.1) is 0 Å². The molecule has 320 valence electrons. The van der Waals surface area contributed by atoms with Crippen molar-refractivity contribution in [2.24, 2.45) is 0 Å². The lowest BCUT2D eigenvalue weighted by molar-refractivity contribution is 0.660. The Labute approximate surface area is 395 Å². The molecular weight excluding hydrogens is 807 g/mol. The lowest BCUT2D eigenvalue weighted by Gasteiger charge is -2.29. The predicted octanol–water partition coefficient (Wildman–Crippen LogP) is 18.1. The average Bonchev–Trinajstić information content (AvgIpc) is 3.76. The van der Waals surface area contributed by atoms with Crippen molar-refractivity contribution in [3.63, 3.8) is 0 Å². The van der Waals surface area contributed by atoms with Crippen LogP contribution < -0.4 is 4.90 Å². The molecule has 0 aromatic heterocycles. The average molecular weight is 858 g/mol. The molecule has 2 aliphatic rings. The maximum Gasteiger partial charge on any atom is 0.0540 e. The monoisotopic (exact) mass is 857 g/mol. The van der Waals surface area contributed by atoms with E-state index >= 15 is 0 Å². The van der Waals surface area contributed by atoms with Crippen LogP contribution in [0.3, 0.4) is 0 Å². The van der Waals surface area contributed by atoms with Crippen molar-refractivity contribution in [2.75, 3.05) is 4.90 Å². The Morgan fingerprint density at radius 1 is 0.254 bits per heavy atom. The first-order chi connectivity index (χ1) is 32.8. The Hall–Kier alpha value is -8.00. The third-order valence-corrected chi connectivity index (χ3v) is 14.7.